The maximum atomic E-state index is 5.53. The molecule has 0 spiro atoms. The number of piperidine rings is 1. The van der Waals surface area contributed by atoms with E-state index in [1.165, 1.54) is 12.8 Å². The Morgan fingerprint density at radius 1 is 1.43 bits per heavy atom. The minimum absolute atomic E-state index is 0.268. The molecule has 0 bridgehead atoms. The molecule has 1 unspecified atom stereocenters. The summed E-state index contributed by atoms with van der Waals surface area (Å²) >= 11 is 4.13. The Labute approximate surface area is 88.9 Å². The van der Waals surface area contributed by atoms with Crippen molar-refractivity contribution in [2.24, 2.45) is 0 Å². The quantitative estimate of drug-likeness (QED) is 0.744. The molecule has 1 aliphatic rings. The molecule has 14 heavy (non-hydrogen) atoms. The van der Waals surface area contributed by atoms with E-state index in [2.05, 4.69) is 28.1 Å². The zero-order valence-corrected chi connectivity index (χ0v) is 8.96. The fraction of sp³-hybridized carbons (Fsp3) is 0.778. The number of aryl methyl sites for hydroxylation is 1. The highest BCUT2D eigenvalue weighted by atomic mass is 32.1. The zero-order chi connectivity index (χ0) is 9.80. The maximum absolute atomic E-state index is 5.53. The summed E-state index contributed by atoms with van der Waals surface area (Å²) in [5.41, 5.74) is 0. The van der Waals surface area contributed by atoms with Gasteiger partial charge in [-0.25, -0.2) is 0 Å². The molecule has 1 N–H and O–H groups in total. The first-order valence-corrected chi connectivity index (χ1v) is 5.70. The summed E-state index contributed by atoms with van der Waals surface area (Å²) in [5.74, 6) is 2.18. The van der Waals surface area contributed by atoms with Gasteiger partial charge in [0.25, 0.3) is 0 Å². The third-order valence-corrected chi connectivity index (χ3v) is 2.64. The smallest absolute Gasteiger partial charge is 0.233 e. The van der Waals surface area contributed by atoms with Crippen LogP contribution in [-0.4, -0.2) is 22.5 Å². The molecule has 0 radical (unpaired) electrons. The summed E-state index contributed by atoms with van der Waals surface area (Å²) in [4.78, 5) is 0. The molecular weight excluding hydrogens is 198 g/mol. The van der Waals surface area contributed by atoms with Crippen molar-refractivity contribution >= 4 is 12.6 Å². The molecule has 0 amide bonds. The molecule has 1 aromatic rings. The standard InChI is InChI=1S/C9H15N3OS/c14-6-4-8-11-12-9(13-8)7-3-1-2-5-10-7/h7,10,14H,1-6H2. The van der Waals surface area contributed by atoms with Gasteiger partial charge in [0.05, 0.1) is 6.04 Å². The van der Waals surface area contributed by atoms with Crippen LogP contribution < -0.4 is 5.32 Å². The highest BCUT2D eigenvalue weighted by Crippen LogP contribution is 2.21. The van der Waals surface area contributed by atoms with E-state index < -0.39 is 0 Å². The number of thiol groups is 1. The van der Waals surface area contributed by atoms with Crippen LogP contribution in [0.1, 0.15) is 37.1 Å². The van der Waals surface area contributed by atoms with Crippen LogP contribution >= 0.6 is 12.6 Å². The first-order valence-electron chi connectivity index (χ1n) is 5.06. The average Bonchev–Trinajstić information content (AvgIpc) is 2.68. The Kier molecular flexibility index (Phi) is 3.42. The summed E-state index contributed by atoms with van der Waals surface area (Å²) in [5, 5.41) is 11.4. The Morgan fingerprint density at radius 2 is 2.36 bits per heavy atom. The number of nitrogens with zero attached hydrogens (tertiary/aromatic N) is 2. The van der Waals surface area contributed by atoms with Crippen LogP contribution in [0.25, 0.3) is 0 Å². The highest BCUT2D eigenvalue weighted by molar-refractivity contribution is 7.80. The lowest BCUT2D eigenvalue weighted by molar-refractivity contribution is 0.330. The monoisotopic (exact) mass is 213 g/mol. The number of rotatable bonds is 3. The lowest BCUT2D eigenvalue weighted by atomic mass is 10.1. The molecule has 1 aromatic heterocycles. The van der Waals surface area contributed by atoms with E-state index in [0.717, 1.165) is 31.0 Å². The van der Waals surface area contributed by atoms with Crippen molar-refractivity contribution in [3.05, 3.63) is 11.8 Å². The van der Waals surface area contributed by atoms with Gasteiger partial charge in [0.15, 0.2) is 0 Å². The molecule has 78 valence electrons. The van der Waals surface area contributed by atoms with Crippen LogP contribution in [0.4, 0.5) is 0 Å². The molecule has 0 aliphatic carbocycles. The fourth-order valence-corrected chi connectivity index (χ4v) is 1.86. The Morgan fingerprint density at radius 3 is 3.07 bits per heavy atom. The normalized spacial score (nSPS) is 22.5. The van der Waals surface area contributed by atoms with Crippen LogP contribution in [0.3, 0.4) is 0 Å². The third-order valence-electron chi connectivity index (χ3n) is 2.42. The van der Waals surface area contributed by atoms with Gasteiger partial charge in [-0.3, -0.25) is 0 Å². The Bertz CT molecular complexity index is 283. The number of hydrogen-bond donors (Lipinski definition) is 2. The second-order valence-corrected chi connectivity index (χ2v) is 3.96. The van der Waals surface area contributed by atoms with Crippen LogP contribution in [0, 0.1) is 0 Å². The van der Waals surface area contributed by atoms with Crippen LogP contribution in [-0.2, 0) is 6.42 Å². The second-order valence-electron chi connectivity index (χ2n) is 3.51. The third kappa shape index (κ3) is 2.27. The molecule has 1 atom stereocenters. The van der Waals surface area contributed by atoms with E-state index in [0.29, 0.717) is 5.89 Å². The van der Waals surface area contributed by atoms with Crippen molar-refractivity contribution < 1.29 is 4.42 Å². The van der Waals surface area contributed by atoms with Crippen LogP contribution in [0.2, 0.25) is 0 Å². The van der Waals surface area contributed by atoms with Crippen LogP contribution in [0.15, 0.2) is 4.42 Å². The highest BCUT2D eigenvalue weighted by Gasteiger charge is 2.20. The van der Waals surface area contributed by atoms with Gasteiger partial charge < -0.3 is 9.73 Å². The molecule has 1 fully saturated rings. The maximum Gasteiger partial charge on any atom is 0.233 e. The topological polar surface area (TPSA) is 51.0 Å². The fourth-order valence-electron chi connectivity index (χ4n) is 1.67. The minimum Gasteiger partial charge on any atom is -0.424 e. The number of aromatic nitrogens is 2. The van der Waals surface area contributed by atoms with Gasteiger partial charge in [-0.15, -0.1) is 10.2 Å². The van der Waals surface area contributed by atoms with Gasteiger partial charge in [0.2, 0.25) is 11.8 Å². The summed E-state index contributed by atoms with van der Waals surface area (Å²) in [6, 6.07) is 0.268. The lowest BCUT2D eigenvalue weighted by Crippen LogP contribution is -2.26. The van der Waals surface area contributed by atoms with E-state index in [1.807, 2.05) is 0 Å². The zero-order valence-electron chi connectivity index (χ0n) is 8.07. The summed E-state index contributed by atoms with van der Waals surface area (Å²) in [7, 11) is 0. The Hall–Kier alpha value is -0.550. The molecule has 0 saturated carbocycles. The van der Waals surface area contributed by atoms with E-state index in [1.54, 1.807) is 0 Å². The first-order chi connectivity index (χ1) is 6.90. The molecule has 2 rings (SSSR count). The summed E-state index contributed by atoms with van der Waals surface area (Å²) < 4.78 is 5.53. The lowest BCUT2D eigenvalue weighted by Gasteiger charge is -2.19. The van der Waals surface area contributed by atoms with Crippen molar-refractivity contribution in [1.82, 2.24) is 15.5 Å². The van der Waals surface area contributed by atoms with Crippen molar-refractivity contribution in [2.75, 3.05) is 12.3 Å². The van der Waals surface area contributed by atoms with E-state index in [4.69, 9.17) is 4.42 Å². The van der Waals surface area contributed by atoms with Crippen molar-refractivity contribution in [3.63, 3.8) is 0 Å². The van der Waals surface area contributed by atoms with Gasteiger partial charge >= 0.3 is 0 Å². The second kappa shape index (κ2) is 4.79. The molecule has 4 nitrogen and oxygen atoms in total. The van der Waals surface area contributed by atoms with Crippen molar-refractivity contribution in [3.8, 4) is 0 Å². The molecule has 5 heteroatoms. The van der Waals surface area contributed by atoms with E-state index in [-0.39, 0.29) is 6.04 Å². The largest absolute Gasteiger partial charge is 0.424 e. The average molecular weight is 213 g/mol. The van der Waals surface area contributed by atoms with Gasteiger partial charge in [-0.05, 0) is 25.1 Å². The summed E-state index contributed by atoms with van der Waals surface area (Å²) in [6.45, 7) is 1.05. The predicted molar refractivity (Wildman–Crippen MR) is 56.4 cm³/mol. The predicted octanol–water partition coefficient (Wildman–Crippen LogP) is 1.36. The van der Waals surface area contributed by atoms with Crippen molar-refractivity contribution in [2.45, 2.75) is 31.7 Å². The molecule has 1 saturated heterocycles. The first kappa shape index (κ1) is 9.98. The van der Waals surface area contributed by atoms with Gasteiger partial charge in [-0.2, -0.15) is 12.6 Å². The number of nitrogens with one attached hydrogen (secondary N) is 1. The molecule has 2 heterocycles. The minimum atomic E-state index is 0.268. The van der Waals surface area contributed by atoms with Crippen LogP contribution in [0.5, 0.6) is 0 Å². The molecule has 1 aliphatic heterocycles. The molecule has 0 aromatic carbocycles. The van der Waals surface area contributed by atoms with E-state index >= 15 is 0 Å². The number of hydrogen-bond acceptors (Lipinski definition) is 5. The van der Waals surface area contributed by atoms with Gasteiger partial charge in [0, 0.05) is 6.42 Å². The van der Waals surface area contributed by atoms with Gasteiger partial charge in [0.1, 0.15) is 0 Å². The SMILES string of the molecule is SCCc1nnc(C2CCCCN2)o1. The summed E-state index contributed by atoms with van der Waals surface area (Å²) in [6.07, 6.45) is 4.33. The van der Waals surface area contributed by atoms with Crippen molar-refractivity contribution in [1.29, 1.82) is 0 Å². The van der Waals surface area contributed by atoms with Gasteiger partial charge in [-0.1, -0.05) is 6.42 Å². The Balaban J connectivity index is 2.00. The molecular formula is C9H15N3OS. The van der Waals surface area contributed by atoms with E-state index in [9.17, 15) is 0 Å².